The first-order valence-electron chi connectivity index (χ1n) is 5.06. The van der Waals surface area contributed by atoms with Crippen molar-refractivity contribution in [2.75, 3.05) is 27.9 Å². The number of methoxy groups -OCH3 is 3. The van der Waals surface area contributed by atoms with Gasteiger partial charge in [-0.2, -0.15) is 5.26 Å². The number of nitriles is 1. The van der Waals surface area contributed by atoms with Crippen molar-refractivity contribution in [1.82, 2.24) is 0 Å². The molecule has 0 saturated heterocycles. The third-order valence-electron chi connectivity index (χ3n) is 2.12. The summed E-state index contributed by atoms with van der Waals surface area (Å²) in [5.41, 5.74) is 0. The molecule has 0 aliphatic carbocycles. The van der Waals surface area contributed by atoms with Crippen molar-refractivity contribution in [1.29, 1.82) is 5.26 Å². The van der Waals surface area contributed by atoms with Gasteiger partial charge in [0, 0.05) is 12.1 Å². The fourth-order valence-corrected chi connectivity index (χ4v) is 1.35. The predicted molar refractivity (Wildman–Crippen MR) is 61.8 cm³/mol. The fraction of sp³-hybridized carbons (Fsp3) is 0.417. The summed E-state index contributed by atoms with van der Waals surface area (Å²) in [5.74, 6) is 2.15. The van der Waals surface area contributed by atoms with Crippen molar-refractivity contribution in [2.24, 2.45) is 0 Å². The molecular formula is C12H15NO4. The van der Waals surface area contributed by atoms with Gasteiger partial charge in [-0.1, -0.05) is 0 Å². The molecule has 0 aliphatic heterocycles. The minimum Gasteiger partial charge on any atom is -0.493 e. The first-order valence-corrected chi connectivity index (χ1v) is 5.06. The second-order valence-corrected chi connectivity index (χ2v) is 3.12. The largest absolute Gasteiger partial charge is 0.493 e. The Hall–Kier alpha value is -2.09. The molecular weight excluding hydrogens is 222 g/mol. The third-order valence-corrected chi connectivity index (χ3v) is 2.12. The SMILES string of the molecule is COc1cc(OCCC#N)cc(OC)c1OC. The minimum atomic E-state index is 0.329. The first kappa shape index (κ1) is 13.0. The van der Waals surface area contributed by atoms with Crippen molar-refractivity contribution in [3.05, 3.63) is 12.1 Å². The number of ether oxygens (including phenoxy) is 4. The van der Waals surface area contributed by atoms with E-state index in [0.717, 1.165) is 0 Å². The van der Waals surface area contributed by atoms with E-state index in [1.54, 1.807) is 12.1 Å². The smallest absolute Gasteiger partial charge is 0.203 e. The standard InChI is InChI=1S/C12H15NO4/c1-14-10-7-9(17-6-4-5-13)8-11(15-2)12(10)16-3/h7-8H,4,6H2,1-3H3. The number of benzene rings is 1. The summed E-state index contributed by atoms with van der Waals surface area (Å²) in [7, 11) is 4.61. The van der Waals surface area contributed by atoms with E-state index in [4.69, 9.17) is 24.2 Å². The summed E-state index contributed by atoms with van der Waals surface area (Å²) in [5, 5.41) is 8.43. The van der Waals surface area contributed by atoms with Crippen LogP contribution in [-0.4, -0.2) is 27.9 Å². The Labute approximate surface area is 100 Å². The highest BCUT2D eigenvalue weighted by Crippen LogP contribution is 2.40. The summed E-state index contributed by atoms with van der Waals surface area (Å²) >= 11 is 0. The Morgan fingerprint density at radius 1 is 1.06 bits per heavy atom. The molecule has 0 aliphatic rings. The molecule has 0 radical (unpaired) electrons. The topological polar surface area (TPSA) is 60.7 Å². The van der Waals surface area contributed by atoms with Crippen molar-refractivity contribution < 1.29 is 18.9 Å². The van der Waals surface area contributed by atoms with Gasteiger partial charge in [0.05, 0.1) is 33.8 Å². The zero-order valence-electron chi connectivity index (χ0n) is 10.1. The zero-order chi connectivity index (χ0) is 12.7. The maximum atomic E-state index is 8.43. The van der Waals surface area contributed by atoms with Crippen LogP contribution in [0.1, 0.15) is 6.42 Å². The van der Waals surface area contributed by atoms with Gasteiger partial charge in [-0.05, 0) is 0 Å². The summed E-state index contributed by atoms with van der Waals surface area (Å²) < 4.78 is 20.9. The average molecular weight is 237 g/mol. The monoisotopic (exact) mass is 237 g/mol. The summed E-state index contributed by atoms with van der Waals surface area (Å²) in [6.45, 7) is 0.329. The van der Waals surface area contributed by atoms with Gasteiger partial charge in [-0.25, -0.2) is 0 Å². The Morgan fingerprint density at radius 2 is 1.65 bits per heavy atom. The molecule has 0 saturated carbocycles. The summed E-state index contributed by atoms with van der Waals surface area (Å²) in [6, 6.07) is 5.39. The summed E-state index contributed by atoms with van der Waals surface area (Å²) in [6.07, 6.45) is 0.330. The van der Waals surface area contributed by atoms with Gasteiger partial charge in [-0.3, -0.25) is 0 Å². The van der Waals surface area contributed by atoms with Gasteiger partial charge < -0.3 is 18.9 Å². The highest BCUT2D eigenvalue weighted by molar-refractivity contribution is 5.55. The maximum absolute atomic E-state index is 8.43. The van der Waals surface area contributed by atoms with Gasteiger partial charge in [0.15, 0.2) is 11.5 Å². The molecule has 92 valence electrons. The molecule has 1 aromatic rings. The van der Waals surface area contributed by atoms with Gasteiger partial charge in [0.2, 0.25) is 5.75 Å². The van der Waals surface area contributed by atoms with Crippen LogP contribution in [0.5, 0.6) is 23.0 Å². The quantitative estimate of drug-likeness (QED) is 0.708. The highest BCUT2D eigenvalue weighted by atomic mass is 16.5. The number of hydrogen-bond donors (Lipinski definition) is 0. The van der Waals surface area contributed by atoms with Crippen molar-refractivity contribution >= 4 is 0 Å². The van der Waals surface area contributed by atoms with Crippen LogP contribution in [0, 0.1) is 11.3 Å². The molecule has 5 nitrogen and oxygen atoms in total. The van der Waals surface area contributed by atoms with Gasteiger partial charge in [-0.15, -0.1) is 0 Å². The maximum Gasteiger partial charge on any atom is 0.203 e. The second-order valence-electron chi connectivity index (χ2n) is 3.12. The summed E-state index contributed by atoms with van der Waals surface area (Å²) in [4.78, 5) is 0. The van der Waals surface area contributed by atoms with Crippen LogP contribution < -0.4 is 18.9 Å². The molecule has 0 fully saturated rings. The van der Waals surface area contributed by atoms with Crippen LogP contribution in [0.4, 0.5) is 0 Å². The Balaban J connectivity index is 2.97. The molecule has 5 heteroatoms. The molecule has 17 heavy (non-hydrogen) atoms. The molecule has 0 N–H and O–H groups in total. The fourth-order valence-electron chi connectivity index (χ4n) is 1.35. The van der Waals surface area contributed by atoms with Crippen LogP contribution in [0.15, 0.2) is 12.1 Å². The second kappa shape index (κ2) is 6.48. The van der Waals surface area contributed by atoms with E-state index in [2.05, 4.69) is 0 Å². The molecule has 0 heterocycles. The number of rotatable bonds is 6. The Kier molecular flexibility index (Phi) is 4.95. The Morgan fingerprint density at radius 3 is 2.06 bits per heavy atom. The van der Waals surface area contributed by atoms with Gasteiger partial charge in [0.25, 0.3) is 0 Å². The van der Waals surface area contributed by atoms with E-state index in [-0.39, 0.29) is 0 Å². The lowest BCUT2D eigenvalue weighted by atomic mass is 10.2. The molecule has 0 unspecified atom stereocenters. The van der Waals surface area contributed by atoms with E-state index in [1.165, 1.54) is 21.3 Å². The first-order chi connectivity index (χ1) is 8.26. The van der Waals surface area contributed by atoms with E-state index in [9.17, 15) is 0 Å². The lowest BCUT2D eigenvalue weighted by Crippen LogP contribution is -1.99. The van der Waals surface area contributed by atoms with Crippen LogP contribution in [0.25, 0.3) is 0 Å². The van der Waals surface area contributed by atoms with E-state index < -0.39 is 0 Å². The van der Waals surface area contributed by atoms with Crippen LogP contribution >= 0.6 is 0 Å². The lowest BCUT2D eigenvalue weighted by Gasteiger charge is -2.14. The average Bonchev–Trinajstić information content (AvgIpc) is 2.37. The third kappa shape index (κ3) is 3.18. The predicted octanol–water partition coefficient (Wildman–Crippen LogP) is 2.00. The molecule has 1 aromatic carbocycles. The highest BCUT2D eigenvalue weighted by Gasteiger charge is 2.13. The van der Waals surface area contributed by atoms with E-state index >= 15 is 0 Å². The zero-order valence-corrected chi connectivity index (χ0v) is 10.1. The van der Waals surface area contributed by atoms with Gasteiger partial charge in [0.1, 0.15) is 12.4 Å². The van der Waals surface area contributed by atoms with Crippen LogP contribution in [0.3, 0.4) is 0 Å². The number of hydrogen-bond acceptors (Lipinski definition) is 5. The Bertz CT molecular complexity index is 386. The van der Waals surface area contributed by atoms with E-state index in [1.807, 2.05) is 6.07 Å². The van der Waals surface area contributed by atoms with Crippen LogP contribution in [-0.2, 0) is 0 Å². The molecule has 0 bridgehead atoms. The number of nitrogens with zero attached hydrogens (tertiary/aromatic N) is 1. The molecule has 0 atom stereocenters. The normalized spacial score (nSPS) is 9.29. The molecule has 0 aromatic heterocycles. The minimum absolute atomic E-state index is 0.329. The van der Waals surface area contributed by atoms with Crippen molar-refractivity contribution in [3.8, 4) is 29.1 Å². The van der Waals surface area contributed by atoms with Crippen molar-refractivity contribution in [2.45, 2.75) is 6.42 Å². The van der Waals surface area contributed by atoms with Gasteiger partial charge >= 0.3 is 0 Å². The van der Waals surface area contributed by atoms with E-state index in [0.29, 0.717) is 36.0 Å². The molecule has 0 spiro atoms. The lowest BCUT2D eigenvalue weighted by molar-refractivity contribution is 0.303. The van der Waals surface area contributed by atoms with Crippen molar-refractivity contribution in [3.63, 3.8) is 0 Å². The molecule has 1 rings (SSSR count). The van der Waals surface area contributed by atoms with Crippen LogP contribution in [0.2, 0.25) is 0 Å². The molecule has 0 amide bonds.